The summed E-state index contributed by atoms with van der Waals surface area (Å²) in [6, 6.07) is -0.163. The number of rotatable bonds is 5. The van der Waals surface area contributed by atoms with Crippen LogP contribution in [0.1, 0.15) is 32.1 Å². The lowest BCUT2D eigenvalue weighted by Gasteiger charge is -2.25. The molecule has 5 heteroatoms. The van der Waals surface area contributed by atoms with E-state index in [4.69, 9.17) is 0 Å². The van der Waals surface area contributed by atoms with Crippen LogP contribution in [0.5, 0.6) is 0 Å². The third kappa shape index (κ3) is 3.47. The molecular formula is C14H25N3O2. The molecule has 0 aliphatic carbocycles. The number of hydrogen-bond donors (Lipinski definition) is 0. The quantitative estimate of drug-likeness (QED) is 0.683. The zero-order chi connectivity index (χ0) is 13.8. The van der Waals surface area contributed by atoms with Gasteiger partial charge in [-0.15, -0.1) is 0 Å². The van der Waals surface area contributed by atoms with Crippen molar-refractivity contribution in [2.24, 2.45) is 0 Å². The van der Waals surface area contributed by atoms with Gasteiger partial charge < -0.3 is 14.7 Å². The molecule has 5 nitrogen and oxygen atoms in total. The molecule has 2 fully saturated rings. The summed E-state index contributed by atoms with van der Waals surface area (Å²) in [5.41, 5.74) is 0. The van der Waals surface area contributed by atoms with Crippen molar-refractivity contribution in [3.63, 3.8) is 0 Å². The van der Waals surface area contributed by atoms with E-state index in [0.717, 1.165) is 45.3 Å². The van der Waals surface area contributed by atoms with Gasteiger partial charge in [0, 0.05) is 26.1 Å². The van der Waals surface area contributed by atoms with Crippen LogP contribution in [0.15, 0.2) is 0 Å². The number of carbonyl (C=O) groups is 2. The lowest BCUT2D eigenvalue weighted by atomic mass is 10.2. The molecule has 0 N–H and O–H groups in total. The van der Waals surface area contributed by atoms with Crippen LogP contribution in [0.25, 0.3) is 0 Å². The summed E-state index contributed by atoms with van der Waals surface area (Å²) >= 11 is 0. The van der Waals surface area contributed by atoms with Crippen LogP contribution in [0.2, 0.25) is 0 Å². The third-order valence-corrected chi connectivity index (χ3v) is 4.05. The van der Waals surface area contributed by atoms with Crippen molar-refractivity contribution in [2.45, 2.75) is 38.1 Å². The fraction of sp³-hybridized carbons (Fsp3) is 0.857. The first-order valence-corrected chi connectivity index (χ1v) is 7.32. The average Bonchev–Trinajstić information content (AvgIpc) is 2.81. The van der Waals surface area contributed by atoms with E-state index < -0.39 is 0 Å². The minimum atomic E-state index is -0.163. The van der Waals surface area contributed by atoms with Gasteiger partial charge in [-0.25, -0.2) is 0 Å². The smallest absolute Gasteiger partial charge is 0.245 e. The second-order valence-corrected chi connectivity index (χ2v) is 5.83. The Bertz CT molecular complexity index is 344. The topological polar surface area (TPSA) is 43.9 Å². The molecule has 1 atom stereocenters. The lowest BCUT2D eigenvalue weighted by molar-refractivity contribution is -0.139. The molecule has 2 aliphatic heterocycles. The van der Waals surface area contributed by atoms with Crippen LogP contribution in [-0.2, 0) is 9.59 Å². The van der Waals surface area contributed by atoms with Crippen molar-refractivity contribution in [1.82, 2.24) is 14.7 Å². The predicted molar refractivity (Wildman–Crippen MR) is 73.7 cm³/mol. The predicted octanol–water partition coefficient (Wildman–Crippen LogP) is 0.552. The largest absolute Gasteiger partial charge is 0.340 e. The summed E-state index contributed by atoms with van der Waals surface area (Å²) in [7, 11) is 4.12. The van der Waals surface area contributed by atoms with Gasteiger partial charge in [-0.2, -0.15) is 0 Å². The molecule has 2 aliphatic rings. The van der Waals surface area contributed by atoms with Gasteiger partial charge in [0.2, 0.25) is 11.8 Å². The van der Waals surface area contributed by atoms with Gasteiger partial charge in [-0.3, -0.25) is 9.59 Å². The highest BCUT2D eigenvalue weighted by molar-refractivity contribution is 5.90. The first kappa shape index (κ1) is 14.3. The van der Waals surface area contributed by atoms with E-state index in [1.165, 1.54) is 0 Å². The number of unbranched alkanes of at least 4 members (excludes halogenated alkanes) is 1. The number of fused-ring (bicyclic) bond motifs is 1. The molecule has 0 spiro atoms. The maximum atomic E-state index is 12.4. The molecule has 1 unspecified atom stereocenters. The molecule has 0 radical (unpaired) electrons. The molecule has 0 saturated carbocycles. The Hall–Kier alpha value is -1.10. The van der Waals surface area contributed by atoms with Crippen molar-refractivity contribution < 1.29 is 9.59 Å². The van der Waals surface area contributed by atoms with Crippen LogP contribution in [0.4, 0.5) is 0 Å². The Kier molecular flexibility index (Phi) is 4.80. The number of amides is 2. The van der Waals surface area contributed by atoms with Crippen molar-refractivity contribution in [1.29, 1.82) is 0 Å². The second-order valence-electron chi connectivity index (χ2n) is 5.83. The Balaban J connectivity index is 1.86. The van der Waals surface area contributed by atoms with E-state index in [0.29, 0.717) is 13.0 Å². The van der Waals surface area contributed by atoms with E-state index in [1.807, 2.05) is 4.90 Å². The molecule has 0 aromatic carbocycles. The SMILES string of the molecule is CN(C)CCCCN1CCC(=O)N2CCCC2C1=O. The number of carbonyl (C=O) groups excluding carboxylic acids is 2. The van der Waals surface area contributed by atoms with Crippen molar-refractivity contribution in [3.8, 4) is 0 Å². The summed E-state index contributed by atoms with van der Waals surface area (Å²) in [5, 5.41) is 0. The fourth-order valence-corrected chi connectivity index (χ4v) is 2.97. The Morgan fingerprint density at radius 1 is 1.21 bits per heavy atom. The first-order chi connectivity index (χ1) is 9.09. The van der Waals surface area contributed by atoms with E-state index in [2.05, 4.69) is 19.0 Å². The molecule has 2 heterocycles. The second kappa shape index (κ2) is 6.37. The molecule has 19 heavy (non-hydrogen) atoms. The van der Waals surface area contributed by atoms with Gasteiger partial charge in [0.1, 0.15) is 6.04 Å². The average molecular weight is 267 g/mol. The van der Waals surface area contributed by atoms with E-state index >= 15 is 0 Å². The van der Waals surface area contributed by atoms with Gasteiger partial charge in [-0.1, -0.05) is 0 Å². The van der Waals surface area contributed by atoms with Crippen LogP contribution >= 0.6 is 0 Å². The third-order valence-electron chi connectivity index (χ3n) is 4.05. The highest BCUT2D eigenvalue weighted by Gasteiger charge is 2.38. The van der Waals surface area contributed by atoms with Crippen LogP contribution in [-0.4, -0.2) is 72.8 Å². The minimum absolute atomic E-state index is 0.159. The summed E-state index contributed by atoms with van der Waals surface area (Å²) in [6.45, 7) is 3.22. The first-order valence-electron chi connectivity index (χ1n) is 7.32. The molecular weight excluding hydrogens is 242 g/mol. The Labute approximate surface area is 115 Å². The summed E-state index contributed by atoms with van der Waals surface area (Å²) in [4.78, 5) is 30.2. The van der Waals surface area contributed by atoms with E-state index in [9.17, 15) is 9.59 Å². The molecule has 2 rings (SSSR count). The molecule has 108 valence electrons. The maximum absolute atomic E-state index is 12.4. The van der Waals surface area contributed by atoms with E-state index in [-0.39, 0.29) is 17.9 Å². The minimum Gasteiger partial charge on any atom is -0.340 e. The Morgan fingerprint density at radius 3 is 2.74 bits per heavy atom. The van der Waals surface area contributed by atoms with Crippen LogP contribution < -0.4 is 0 Å². The lowest BCUT2D eigenvalue weighted by Crippen LogP contribution is -2.43. The fourth-order valence-electron chi connectivity index (χ4n) is 2.97. The normalized spacial score (nSPS) is 24.1. The standard InChI is InChI=1S/C14H25N3O2/c1-15(2)8-3-4-9-16-11-7-13(18)17-10-5-6-12(17)14(16)19/h12H,3-11H2,1-2H3. The maximum Gasteiger partial charge on any atom is 0.245 e. The molecule has 0 aromatic heterocycles. The van der Waals surface area contributed by atoms with Gasteiger partial charge in [-0.05, 0) is 46.3 Å². The number of hydrogen-bond acceptors (Lipinski definition) is 3. The number of nitrogens with zero attached hydrogens (tertiary/aromatic N) is 3. The Morgan fingerprint density at radius 2 is 2.00 bits per heavy atom. The van der Waals surface area contributed by atoms with Crippen molar-refractivity contribution in [2.75, 3.05) is 40.3 Å². The highest BCUT2D eigenvalue weighted by Crippen LogP contribution is 2.23. The van der Waals surface area contributed by atoms with Crippen LogP contribution in [0, 0.1) is 0 Å². The van der Waals surface area contributed by atoms with Gasteiger partial charge in [0.05, 0.1) is 0 Å². The molecule has 0 bridgehead atoms. The summed E-state index contributed by atoms with van der Waals surface area (Å²) in [6.07, 6.45) is 4.43. The van der Waals surface area contributed by atoms with Crippen molar-refractivity contribution in [3.05, 3.63) is 0 Å². The summed E-state index contributed by atoms with van der Waals surface area (Å²) < 4.78 is 0. The van der Waals surface area contributed by atoms with Crippen LogP contribution in [0.3, 0.4) is 0 Å². The molecule has 2 saturated heterocycles. The van der Waals surface area contributed by atoms with Gasteiger partial charge >= 0.3 is 0 Å². The van der Waals surface area contributed by atoms with E-state index in [1.54, 1.807) is 4.90 Å². The van der Waals surface area contributed by atoms with Gasteiger partial charge in [0.15, 0.2) is 0 Å². The van der Waals surface area contributed by atoms with Gasteiger partial charge in [0.25, 0.3) is 0 Å². The zero-order valence-electron chi connectivity index (χ0n) is 12.1. The monoisotopic (exact) mass is 267 g/mol. The zero-order valence-corrected chi connectivity index (χ0v) is 12.1. The molecule has 0 aromatic rings. The molecule has 2 amide bonds. The summed E-state index contributed by atoms with van der Waals surface area (Å²) in [5.74, 6) is 0.333. The van der Waals surface area contributed by atoms with Crippen molar-refractivity contribution >= 4 is 11.8 Å². The highest BCUT2D eigenvalue weighted by atomic mass is 16.2.